The van der Waals surface area contributed by atoms with Gasteiger partial charge in [0.25, 0.3) is 15.6 Å². The average Bonchev–Trinajstić information content (AvgIpc) is 2.80. The SMILES string of the molecule is CCCCOP(=O)([O-])OCC(CC)CCCC.CCCCOP(=O)([O-])OCC(CC)CCCC.[Cr+2]. The molecule has 0 rings (SSSR count). The van der Waals surface area contributed by atoms with Crippen LogP contribution in [0.3, 0.4) is 0 Å². The molecule has 0 fully saturated rings. The Balaban J connectivity index is -0.000000569. The van der Waals surface area contributed by atoms with Gasteiger partial charge >= 0.3 is 17.4 Å². The maximum absolute atomic E-state index is 11.4. The molecule has 4 unspecified atom stereocenters. The van der Waals surface area contributed by atoms with E-state index in [4.69, 9.17) is 18.1 Å². The quantitative estimate of drug-likeness (QED) is 0.0989. The van der Waals surface area contributed by atoms with Gasteiger partial charge in [0.2, 0.25) is 0 Å². The summed E-state index contributed by atoms with van der Waals surface area (Å²) in [7, 11) is -8.14. The predicted molar refractivity (Wildman–Crippen MR) is 135 cm³/mol. The van der Waals surface area contributed by atoms with Gasteiger partial charge in [-0.15, -0.1) is 0 Å². The van der Waals surface area contributed by atoms with Crippen LogP contribution in [0.4, 0.5) is 0 Å². The maximum atomic E-state index is 11.4. The van der Waals surface area contributed by atoms with Gasteiger partial charge in [-0.1, -0.05) is 92.9 Å². The van der Waals surface area contributed by atoms with Crippen molar-refractivity contribution in [1.82, 2.24) is 0 Å². The van der Waals surface area contributed by atoms with Gasteiger partial charge in [-0.2, -0.15) is 0 Å². The smallest absolute Gasteiger partial charge is 0.756 e. The summed E-state index contributed by atoms with van der Waals surface area (Å²) < 4.78 is 42.1. The first-order valence-corrected chi connectivity index (χ1v) is 16.2. The number of phosphoric acid groups is 2. The Morgan fingerprint density at radius 2 is 0.886 bits per heavy atom. The molecule has 0 aliphatic carbocycles. The summed E-state index contributed by atoms with van der Waals surface area (Å²) >= 11 is 0. The van der Waals surface area contributed by atoms with Gasteiger partial charge in [0, 0.05) is 0 Å². The van der Waals surface area contributed by atoms with Gasteiger partial charge in [-0.3, -0.25) is 9.13 Å². The van der Waals surface area contributed by atoms with Crippen molar-refractivity contribution in [2.45, 2.75) is 119 Å². The van der Waals surface area contributed by atoms with Crippen molar-refractivity contribution >= 4 is 15.6 Å². The molecular formula is C24H52CrO8P2. The molecule has 0 aromatic heterocycles. The summed E-state index contributed by atoms with van der Waals surface area (Å²) in [6.45, 7) is 13.3. The number of hydrogen-bond acceptors (Lipinski definition) is 8. The Kier molecular flexibility index (Phi) is 30.3. The molecule has 0 aliphatic rings. The van der Waals surface area contributed by atoms with E-state index >= 15 is 0 Å². The fourth-order valence-electron chi connectivity index (χ4n) is 2.91. The minimum Gasteiger partial charge on any atom is -0.756 e. The van der Waals surface area contributed by atoms with Crippen LogP contribution in [0.1, 0.15) is 119 Å². The Morgan fingerprint density at radius 1 is 0.571 bits per heavy atom. The van der Waals surface area contributed by atoms with Crippen LogP contribution in [0.2, 0.25) is 0 Å². The van der Waals surface area contributed by atoms with E-state index in [0.717, 1.165) is 77.0 Å². The normalized spacial score (nSPS) is 16.2. The third-order valence-corrected chi connectivity index (χ3v) is 7.45. The summed E-state index contributed by atoms with van der Waals surface area (Å²) in [5, 5.41) is 0. The van der Waals surface area contributed by atoms with Crippen LogP contribution in [0.15, 0.2) is 0 Å². The first kappa shape index (κ1) is 40.3. The van der Waals surface area contributed by atoms with Gasteiger partial charge in [0.1, 0.15) is 0 Å². The zero-order valence-corrected chi connectivity index (χ0v) is 26.1. The minimum atomic E-state index is -4.07. The molecule has 4 atom stereocenters. The molecular weight excluding hydrogens is 530 g/mol. The molecule has 0 aliphatic heterocycles. The molecule has 0 N–H and O–H groups in total. The average molecular weight is 583 g/mol. The van der Waals surface area contributed by atoms with Crippen LogP contribution in [0, 0.1) is 11.8 Å². The zero-order chi connectivity index (χ0) is 26.3. The number of phosphoric ester groups is 2. The number of unbranched alkanes of at least 4 members (excludes halogenated alkanes) is 4. The van der Waals surface area contributed by atoms with E-state index < -0.39 is 15.6 Å². The largest absolute Gasteiger partial charge is 2.00 e. The number of rotatable bonds is 22. The van der Waals surface area contributed by atoms with Crippen molar-refractivity contribution in [3.05, 3.63) is 0 Å². The van der Waals surface area contributed by atoms with Gasteiger partial charge in [0.05, 0.1) is 26.4 Å². The minimum absolute atomic E-state index is 0. The van der Waals surface area contributed by atoms with Gasteiger partial charge in [0.15, 0.2) is 0 Å². The molecule has 0 radical (unpaired) electrons. The molecule has 0 aromatic carbocycles. The predicted octanol–water partition coefficient (Wildman–Crippen LogP) is 7.01. The first-order chi connectivity index (χ1) is 16.1. The van der Waals surface area contributed by atoms with E-state index in [2.05, 4.69) is 27.7 Å². The Bertz CT molecular complexity index is 494. The molecule has 0 bridgehead atoms. The summed E-state index contributed by atoms with van der Waals surface area (Å²) in [5.74, 6) is 0.624. The molecule has 0 heterocycles. The molecule has 212 valence electrons. The van der Waals surface area contributed by atoms with Crippen molar-refractivity contribution in [3.8, 4) is 0 Å². The van der Waals surface area contributed by atoms with Crippen LogP contribution in [0.5, 0.6) is 0 Å². The van der Waals surface area contributed by atoms with E-state index in [-0.39, 0.29) is 43.8 Å². The molecule has 0 spiro atoms. The molecule has 11 heteroatoms. The fourth-order valence-corrected chi connectivity index (χ4v) is 4.55. The topological polar surface area (TPSA) is 117 Å². The van der Waals surface area contributed by atoms with E-state index in [1.54, 1.807) is 0 Å². The van der Waals surface area contributed by atoms with Crippen LogP contribution >= 0.6 is 15.6 Å². The summed E-state index contributed by atoms with van der Waals surface area (Å²) in [6.07, 6.45) is 11.7. The molecule has 0 saturated carbocycles. The van der Waals surface area contributed by atoms with Crippen molar-refractivity contribution < 1.29 is 54.4 Å². The van der Waals surface area contributed by atoms with Crippen LogP contribution in [-0.4, -0.2) is 26.4 Å². The van der Waals surface area contributed by atoms with Crippen molar-refractivity contribution in [2.75, 3.05) is 26.4 Å². The summed E-state index contributed by atoms with van der Waals surface area (Å²) in [4.78, 5) is 22.8. The molecule has 8 nitrogen and oxygen atoms in total. The summed E-state index contributed by atoms with van der Waals surface area (Å²) in [5.41, 5.74) is 0. The van der Waals surface area contributed by atoms with Crippen LogP contribution in [-0.2, 0) is 44.6 Å². The molecule has 35 heavy (non-hydrogen) atoms. The second kappa shape index (κ2) is 26.4. The fraction of sp³-hybridized carbons (Fsp3) is 1.00. The Labute approximate surface area is 226 Å². The molecule has 0 aromatic rings. The standard InChI is InChI=1S/2C12H27O4P.Cr/c2*1-4-7-9-12(6-3)11-16-17(13,14)15-10-8-5-2;/h2*12H,4-11H2,1-3H3,(H,13,14);/q;;+2/p-2. The van der Waals surface area contributed by atoms with E-state index in [9.17, 15) is 18.9 Å². The number of hydrogen-bond donors (Lipinski definition) is 0. The second-order valence-electron chi connectivity index (χ2n) is 8.69. The van der Waals surface area contributed by atoms with Crippen LogP contribution < -0.4 is 9.79 Å². The molecule has 0 saturated heterocycles. The Hall–Kier alpha value is 0.752. The third-order valence-electron chi connectivity index (χ3n) is 5.52. The second-order valence-corrected chi connectivity index (χ2v) is 11.5. The third kappa shape index (κ3) is 27.6. The van der Waals surface area contributed by atoms with Crippen molar-refractivity contribution in [1.29, 1.82) is 0 Å². The van der Waals surface area contributed by atoms with E-state index in [0.29, 0.717) is 11.8 Å². The molecule has 0 amide bonds. The van der Waals surface area contributed by atoms with E-state index in [1.807, 2.05) is 13.8 Å². The van der Waals surface area contributed by atoms with Gasteiger partial charge in [-0.05, 0) is 37.5 Å². The van der Waals surface area contributed by atoms with Gasteiger partial charge in [-0.25, -0.2) is 0 Å². The van der Waals surface area contributed by atoms with Crippen molar-refractivity contribution in [3.63, 3.8) is 0 Å². The first-order valence-electron chi connectivity index (χ1n) is 13.3. The van der Waals surface area contributed by atoms with Crippen molar-refractivity contribution in [2.24, 2.45) is 11.8 Å². The van der Waals surface area contributed by atoms with Gasteiger partial charge < -0.3 is 27.9 Å². The monoisotopic (exact) mass is 582 g/mol. The van der Waals surface area contributed by atoms with Crippen LogP contribution in [0.25, 0.3) is 0 Å². The maximum Gasteiger partial charge on any atom is 2.00 e. The zero-order valence-electron chi connectivity index (χ0n) is 23.0. The summed E-state index contributed by atoms with van der Waals surface area (Å²) in [6, 6.07) is 0. The van der Waals surface area contributed by atoms with E-state index in [1.165, 1.54) is 0 Å². The Morgan fingerprint density at radius 3 is 1.14 bits per heavy atom.